The van der Waals surface area contributed by atoms with Crippen LogP contribution in [0.3, 0.4) is 0 Å². The monoisotopic (exact) mass is 260 g/mol. The van der Waals surface area contributed by atoms with Crippen LogP contribution in [0.2, 0.25) is 0 Å². The Balaban J connectivity index is 1.94. The van der Waals surface area contributed by atoms with E-state index < -0.39 is 6.10 Å². The predicted molar refractivity (Wildman–Crippen MR) is 79.3 cm³/mol. The second-order valence-corrected chi connectivity index (χ2v) is 5.36. The molecule has 0 bridgehead atoms. The molecule has 1 aromatic carbocycles. The van der Waals surface area contributed by atoms with E-state index in [0.29, 0.717) is 5.76 Å². The van der Waals surface area contributed by atoms with Gasteiger partial charge in [0.1, 0.15) is 17.4 Å². The van der Waals surface area contributed by atoms with E-state index in [1.54, 1.807) is 0 Å². The zero-order valence-corrected chi connectivity index (χ0v) is 12.0. The molecule has 1 atom stereocenters. The molecule has 1 aromatic heterocycles. The third kappa shape index (κ3) is 3.60. The summed E-state index contributed by atoms with van der Waals surface area (Å²) in [5, 5.41) is 11.3. The van der Waals surface area contributed by atoms with Crippen LogP contribution in [-0.2, 0) is 0 Å². The zero-order chi connectivity index (χ0) is 13.7. The van der Waals surface area contributed by atoms with E-state index in [9.17, 15) is 5.11 Å². The van der Waals surface area contributed by atoms with Gasteiger partial charge in [-0.2, -0.15) is 0 Å². The van der Waals surface area contributed by atoms with Gasteiger partial charge in [0, 0.05) is 5.39 Å². The molecule has 1 N–H and O–H groups in total. The number of unbranched alkanes of at least 4 members (excludes halogenated alkanes) is 4. The molecule has 0 spiro atoms. The second kappa shape index (κ2) is 6.76. The first kappa shape index (κ1) is 14.1. The van der Waals surface area contributed by atoms with Crippen LogP contribution in [-0.4, -0.2) is 5.11 Å². The van der Waals surface area contributed by atoms with Crippen LogP contribution in [0.25, 0.3) is 11.0 Å². The second-order valence-electron chi connectivity index (χ2n) is 5.36. The minimum absolute atomic E-state index is 0.464. The van der Waals surface area contributed by atoms with Crippen LogP contribution in [0.5, 0.6) is 0 Å². The lowest BCUT2D eigenvalue weighted by Gasteiger charge is -2.06. The Morgan fingerprint density at radius 1 is 1.16 bits per heavy atom. The summed E-state index contributed by atoms with van der Waals surface area (Å²) in [5.74, 6) is 0.708. The van der Waals surface area contributed by atoms with Crippen molar-refractivity contribution in [1.29, 1.82) is 0 Å². The Morgan fingerprint density at radius 2 is 1.95 bits per heavy atom. The lowest BCUT2D eigenvalue weighted by atomic mass is 10.1. The van der Waals surface area contributed by atoms with E-state index in [2.05, 4.69) is 6.92 Å². The molecule has 2 nitrogen and oxygen atoms in total. The molecule has 0 radical (unpaired) electrons. The molecule has 0 aliphatic heterocycles. The van der Waals surface area contributed by atoms with Gasteiger partial charge >= 0.3 is 0 Å². The van der Waals surface area contributed by atoms with Crippen LogP contribution in [0.15, 0.2) is 28.7 Å². The number of aryl methyl sites for hydroxylation is 1. The number of furan rings is 1. The maximum absolute atomic E-state index is 10.2. The number of benzene rings is 1. The molecule has 19 heavy (non-hydrogen) atoms. The number of aliphatic hydroxyl groups excluding tert-OH is 1. The van der Waals surface area contributed by atoms with Crippen LogP contribution >= 0.6 is 0 Å². The van der Waals surface area contributed by atoms with Gasteiger partial charge in [-0.05, 0) is 25.0 Å². The molecule has 0 aliphatic rings. The third-order valence-electron chi connectivity index (χ3n) is 3.67. The Morgan fingerprint density at radius 3 is 2.68 bits per heavy atom. The van der Waals surface area contributed by atoms with Crippen molar-refractivity contribution in [2.45, 2.75) is 58.5 Å². The van der Waals surface area contributed by atoms with Gasteiger partial charge < -0.3 is 9.52 Å². The van der Waals surface area contributed by atoms with Gasteiger partial charge in [-0.15, -0.1) is 0 Å². The lowest BCUT2D eigenvalue weighted by Crippen LogP contribution is -1.95. The highest BCUT2D eigenvalue weighted by atomic mass is 16.4. The lowest BCUT2D eigenvalue weighted by molar-refractivity contribution is 0.139. The quantitative estimate of drug-likeness (QED) is 0.700. The summed E-state index contributed by atoms with van der Waals surface area (Å²) < 4.78 is 5.79. The topological polar surface area (TPSA) is 33.4 Å². The Labute approximate surface area is 115 Å². The first-order chi connectivity index (χ1) is 9.22. The minimum atomic E-state index is -0.464. The van der Waals surface area contributed by atoms with Crippen molar-refractivity contribution < 1.29 is 9.52 Å². The van der Waals surface area contributed by atoms with E-state index in [1.807, 2.05) is 31.2 Å². The van der Waals surface area contributed by atoms with Crippen LogP contribution in [0, 0.1) is 6.92 Å². The van der Waals surface area contributed by atoms with Crippen molar-refractivity contribution >= 4 is 11.0 Å². The largest absolute Gasteiger partial charge is 0.458 e. The van der Waals surface area contributed by atoms with Gasteiger partial charge in [-0.3, -0.25) is 0 Å². The summed E-state index contributed by atoms with van der Waals surface area (Å²) in [6, 6.07) is 8.06. The molecule has 2 rings (SSSR count). The van der Waals surface area contributed by atoms with Crippen molar-refractivity contribution in [2.24, 2.45) is 0 Å². The normalized spacial score (nSPS) is 13.0. The molecule has 0 amide bonds. The van der Waals surface area contributed by atoms with Gasteiger partial charge in [0.25, 0.3) is 0 Å². The van der Waals surface area contributed by atoms with Gasteiger partial charge in [-0.25, -0.2) is 0 Å². The van der Waals surface area contributed by atoms with Crippen molar-refractivity contribution in [3.8, 4) is 0 Å². The molecule has 0 saturated heterocycles. The number of hydrogen-bond donors (Lipinski definition) is 1. The third-order valence-corrected chi connectivity index (χ3v) is 3.67. The van der Waals surface area contributed by atoms with Gasteiger partial charge in [0.2, 0.25) is 0 Å². The molecule has 2 aromatic rings. The van der Waals surface area contributed by atoms with Crippen LogP contribution in [0.1, 0.15) is 62.9 Å². The predicted octanol–water partition coefficient (Wildman–Crippen LogP) is 5.14. The molecule has 0 fully saturated rings. The highest BCUT2D eigenvalue weighted by Crippen LogP contribution is 2.28. The molecule has 2 heteroatoms. The fraction of sp³-hybridized carbons (Fsp3) is 0.529. The summed E-state index contributed by atoms with van der Waals surface area (Å²) in [5.41, 5.74) is 2.03. The zero-order valence-electron chi connectivity index (χ0n) is 12.0. The van der Waals surface area contributed by atoms with Gasteiger partial charge in [-0.1, -0.05) is 57.2 Å². The average molecular weight is 260 g/mol. The van der Waals surface area contributed by atoms with E-state index in [0.717, 1.165) is 29.4 Å². The maximum Gasteiger partial charge on any atom is 0.137 e. The first-order valence-electron chi connectivity index (χ1n) is 7.39. The highest BCUT2D eigenvalue weighted by molar-refractivity contribution is 5.80. The number of hydrogen-bond acceptors (Lipinski definition) is 2. The number of para-hydroxylation sites is 1. The van der Waals surface area contributed by atoms with Crippen molar-refractivity contribution in [2.75, 3.05) is 0 Å². The molecule has 1 unspecified atom stereocenters. The van der Waals surface area contributed by atoms with E-state index in [1.165, 1.54) is 25.7 Å². The first-order valence-corrected chi connectivity index (χ1v) is 7.39. The Hall–Kier alpha value is -1.28. The summed E-state index contributed by atoms with van der Waals surface area (Å²) in [6.45, 7) is 4.25. The smallest absolute Gasteiger partial charge is 0.137 e. The standard InChI is InChI=1S/C17H24O2/c1-3-4-5-6-7-11-15(18)16-12-14-10-8-9-13(2)17(14)19-16/h8-10,12,15,18H,3-7,11H2,1-2H3. The van der Waals surface area contributed by atoms with Crippen LogP contribution in [0.4, 0.5) is 0 Å². The van der Waals surface area contributed by atoms with Crippen molar-refractivity contribution in [3.63, 3.8) is 0 Å². The molecule has 0 aliphatic carbocycles. The fourth-order valence-corrected chi connectivity index (χ4v) is 2.48. The van der Waals surface area contributed by atoms with Gasteiger partial charge in [0.05, 0.1) is 0 Å². The van der Waals surface area contributed by atoms with Crippen molar-refractivity contribution in [1.82, 2.24) is 0 Å². The Bertz CT molecular complexity index is 513. The minimum Gasteiger partial charge on any atom is -0.458 e. The van der Waals surface area contributed by atoms with E-state index >= 15 is 0 Å². The highest BCUT2D eigenvalue weighted by Gasteiger charge is 2.13. The fourth-order valence-electron chi connectivity index (χ4n) is 2.48. The molecule has 1 heterocycles. The molecular formula is C17H24O2. The van der Waals surface area contributed by atoms with E-state index in [-0.39, 0.29) is 0 Å². The molecule has 0 saturated carbocycles. The number of rotatable bonds is 7. The SMILES string of the molecule is CCCCCCCC(O)c1cc2cccc(C)c2o1. The van der Waals surface area contributed by atoms with E-state index in [4.69, 9.17) is 4.42 Å². The molecular weight excluding hydrogens is 236 g/mol. The summed E-state index contributed by atoms with van der Waals surface area (Å²) in [6.07, 6.45) is 6.41. The summed E-state index contributed by atoms with van der Waals surface area (Å²) in [4.78, 5) is 0. The molecule has 104 valence electrons. The number of fused-ring (bicyclic) bond motifs is 1. The Kier molecular flexibility index (Phi) is 5.03. The number of aliphatic hydroxyl groups is 1. The van der Waals surface area contributed by atoms with Crippen molar-refractivity contribution in [3.05, 3.63) is 35.6 Å². The summed E-state index contributed by atoms with van der Waals surface area (Å²) >= 11 is 0. The van der Waals surface area contributed by atoms with Gasteiger partial charge in [0.15, 0.2) is 0 Å². The van der Waals surface area contributed by atoms with Crippen LogP contribution < -0.4 is 0 Å². The maximum atomic E-state index is 10.2. The summed E-state index contributed by atoms with van der Waals surface area (Å²) in [7, 11) is 0. The average Bonchev–Trinajstić information content (AvgIpc) is 2.84.